The van der Waals surface area contributed by atoms with Crippen LogP contribution in [0.3, 0.4) is 0 Å². The van der Waals surface area contributed by atoms with E-state index in [0.29, 0.717) is 0 Å². The first-order valence-electron chi connectivity index (χ1n) is 4.46. The Morgan fingerprint density at radius 1 is 1.21 bits per heavy atom. The van der Waals surface area contributed by atoms with Crippen molar-refractivity contribution in [1.82, 2.24) is 5.32 Å². The largest absolute Gasteiger partial charge is 0.353 e. The Morgan fingerprint density at radius 3 is 2.79 bits per heavy atom. The van der Waals surface area contributed by atoms with Gasteiger partial charge in [-0.25, -0.2) is 0 Å². The van der Waals surface area contributed by atoms with Crippen molar-refractivity contribution in [2.75, 3.05) is 0 Å². The molecule has 0 aliphatic carbocycles. The molecule has 0 bridgehead atoms. The number of benzene rings is 1. The van der Waals surface area contributed by atoms with Gasteiger partial charge in [-0.15, -0.1) is 0 Å². The third kappa shape index (κ3) is 2.24. The molecular formula is C12H10N2. The van der Waals surface area contributed by atoms with E-state index in [1.807, 2.05) is 42.6 Å². The molecule has 0 aromatic heterocycles. The summed E-state index contributed by atoms with van der Waals surface area (Å²) in [6.07, 6.45) is 5.43. The maximum Gasteiger partial charge on any atom is 0.132 e. The molecule has 0 spiro atoms. The fourth-order valence-corrected chi connectivity index (χ4v) is 1.13. The Bertz CT molecular complexity index is 395. The van der Waals surface area contributed by atoms with E-state index in [-0.39, 0.29) is 6.04 Å². The minimum Gasteiger partial charge on any atom is -0.353 e. The topological polar surface area (TPSA) is 24.4 Å². The van der Waals surface area contributed by atoms with Crippen molar-refractivity contribution in [3.63, 3.8) is 0 Å². The SMILES string of the molecule is C(#CC1C=CNC=N1)c1ccccc1. The second-order valence-corrected chi connectivity index (χ2v) is 2.88. The van der Waals surface area contributed by atoms with Crippen LogP contribution in [0, 0.1) is 11.8 Å². The van der Waals surface area contributed by atoms with E-state index < -0.39 is 0 Å². The van der Waals surface area contributed by atoms with Gasteiger partial charge in [-0.05, 0) is 18.2 Å². The average molecular weight is 182 g/mol. The van der Waals surface area contributed by atoms with Crippen LogP contribution in [0.1, 0.15) is 5.56 Å². The lowest BCUT2D eigenvalue weighted by Crippen LogP contribution is -2.11. The predicted molar refractivity (Wildman–Crippen MR) is 57.9 cm³/mol. The molecule has 2 heteroatoms. The summed E-state index contributed by atoms with van der Waals surface area (Å²) >= 11 is 0. The number of hydrogen-bond acceptors (Lipinski definition) is 2. The molecule has 0 saturated carbocycles. The highest BCUT2D eigenvalue weighted by molar-refractivity contribution is 5.59. The number of nitrogens with zero attached hydrogens (tertiary/aromatic N) is 1. The molecule has 2 rings (SSSR count). The maximum atomic E-state index is 4.15. The Balaban J connectivity index is 2.10. The molecule has 1 N–H and O–H groups in total. The average Bonchev–Trinajstić information content (AvgIpc) is 2.29. The van der Waals surface area contributed by atoms with E-state index >= 15 is 0 Å². The third-order valence-electron chi connectivity index (χ3n) is 1.82. The summed E-state index contributed by atoms with van der Waals surface area (Å²) in [5.41, 5.74) is 1.02. The summed E-state index contributed by atoms with van der Waals surface area (Å²) in [4.78, 5) is 4.15. The highest BCUT2D eigenvalue weighted by Gasteiger charge is 1.96. The van der Waals surface area contributed by atoms with Crippen LogP contribution in [0.4, 0.5) is 0 Å². The summed E-state index contributed by atoms with van der Waals surface area (Å²) in [5, 5.41) is 2.87. The first kappa shape index (κ1) is 8.58. The Morgan fingerprint density at radius 2 is 2.07 bits per heavy atom. The molecule has 0 fully saturated rings. The number of aliphatic imine (C=N–C) groups is 1. The van der Waals surface area contributed by atoms with E-state index in [9.17, 15) is 0 Å². The highest BCUT2D eigenvalue weighted by atomic mass is 15.0. The molecule has 1 aromatic carbocycles. The summed E-state index contributed by atoms with van der Waals surface area (Å²) < 4.78 is 0. The van der Waals surface area contributed by atoms with Crippen molar-refractivity contribution < 1.29 is 0 Å². The lowest BCUT2D eigenvalue weighted by Gasteiger charge is -2.02. The van der Waals surface area contributed by atoms with Crippen molar-refractivity contribution >= 4 is 6.34 Å². The molecule has 1 heterocycles. The van der Waals surface area contributed by atoms with Gasteiger partial charge in [0.1, 0.15) is 6.04 Å². The van der Waals surface area contributed by atoms with E-state index in [1.54, 1.807) is 6.34 Å². The van der Waals surface area contributed by atoms with Crippen LogP contribution in [-0.4, -0.2) is 12.4 Å². The molecule has 0 saturated heterocycles. The molecule has 1 atom stereocenters. The Hall–Kier alpha value is -2.01. The minimum absolute atomic E-state index is 0.0172. The first-order valence-corrected chi connectivity index (χ1v) is 4.46. The zero-order valence-electron chi connectivity index (χ0n) is 7.64. The fourth-order valence-electron chi connectivity index (χ4n) is 1.13. The van der Waals surface area contributed by atoms with Crippen molar-refractivity contribution in [1.29, 1.82) is 0 Å². The second-order valence-electron chi connectivity index (χ2n) is 2.88. The van der Waals surface area contributed by atoms with Crippen LogP contribution >= 0.6 is 0 Å². The van der Waals surface area contributed by atoms with Crippen LogP contribution in [0.5, 0.6) is 0 Å². The summed E-state index contributed by atoms with van der Waals surface area (Å²) in [6.45, 7) is 0. The predicted octanol–water partition coefficient (Wildman–Crippen LogP) is 1.55. The van der Waals surface area contributed by atoms with Crippen molar-refractivity contribution in [3.8, 4) is 11.8 Å². The summed E-state index contributed by atoms with van der Waals surface area (Å²) in [5.74, 6) is 6.13. The molecule has 1 unspecified atom stereocenters. The maximum absolute atomic E-state index is 4.15. The lowest BCUT2D eigenvalue weighted by atomic mass is 10.2. The second kappa shape index (κ2) is 4.29. The number of hydrogen-bond donors (Lipinski definition) is 1. The van der Waals surface area contributed by atoms with Crippen LogP contribution in [0.25, 0.3) is 0 Å². The van der Waals surface area contributed by atoms with Gasteiger partial charge in [0.15, 0.2) is 0 Å². The van der Waals surface area contributed by atoms with E-state index in [1.165, 1.54) is 0 Å². The van der Waals surface area contributed by atoms with Gasteiger partial charge in [-0.3, -0.25) is 4.99 Å². The minimum atomic E-state index is -0.0172. The van der Waals surface area contributed by atoms with Gasteiger partial charge in [0.05, 0.1) is 6.34 Å². The molecule has 2 nitrogen and oxygen atoms in total. The fraction of sp³-hybridized carbons (Fsp3) is 0.0833. The Kier molecular flexibility index (Phi) is 2.63. The molecule has 0 radical (unpaired) electrons. The summed E-state index contributed by atoms with van der Waals surface area (Å²) in [7, 11) is 0. The van der Waals surface area contributed by atoms with Crippen LogP contribution in [0.2, 0.25) is 0 Å². The number of rotatable bonds is 0. The van der Waals surface area contributed by atoms with Gasteiger partial charge in [0.25, 0.3) is 0 Å². The lowest BCUT2D eigenvalue weighted by molar-refractivity contribution is 1.01. The smallest absolute Gasteiger partial charge is 0.132 e. The molecule has 1 aliphatic heterocycles. The van der Waals surface area contributed by atoms with E-state index in [0.717, 1.165) is 5.56 Å². The monoisotopic (exact) mass is 182 g/mol. The highest BCUT2D eigenvalue weighted by Crippen LogP contribution is 1.98. The zero-order chi connectivity index (χ0) is 9.64. The zero-order valence-corrected chi connectivity index (χ0v) is 7.64. The van der Waals surface area contributed by atoms with Crippen molar-refractivity contribution in [2.24, 2.45) is 4.99 Å². The normalized spacial score (nSPS) is 18.1. The quantitative estimate of drug-likeness (QED) is 0.605. The van der Waals surface area contributed by atoms with Gasteiger partial charge >= 0.3 is 0 Å². The molecule has 14 heavy (non-hydrogen) atoms. The third-order valence-corrected chi connectivity index (χ3v) is 1.82. The standard InChI is InChI=1S/C12H10N2/c1-2-4-11(5-3-1)6-7-12-8-9-13-10-14-12/h1-5,8-10,12H,(H,13,14). The van der Waals surface area contributed by atoms with Gasteiger partial charge in [0, 0.05) is 11.8 Å². The molecular weight excluding hydrogens is 172 g/mol. The van der Waals surface area contributed by atoms with Gasteiger partial charge in [0.2, 0.25) is 0 Å². The van der Waals surface area contributed by atoms with E-state index in [4.69, 9.17) is 0 Å². The summed E-state index contributed by atoms with van der Waals surface area (Å²) in [6, 6.07) is 9.89. The van der Waals surface area contributed by atoms with Gasteiger partial charge in [-0.1, -0.05) is 30.0 Å². The van der Waals surface area contributed by atoms with Crippen LogP contribution in [-0.2, 0) is 0 Å². The Labute approximate surface area is 83.4 Å². The number of nitrogens with one attached hydrogen (secondary N) is 1. The van der Waals surface area contributed by atoms with Crippen LogP contribution < -0.4 is 5.32 Å². The van der Waals surface area contributed by atoms with Gasteiger partial charge in [-0.2, -0.15) is 0 Å². The molecule has 0 amide bonds. The first-order chi connectivity index (χ1) is 6.95. The van der Waals surface area contributed by atoms with Gasteiger partial charge < -0.3 is 5.32 Å². The van der Waals surface area contributed by atoms with Crippen LogP contribution in [0.15, 0.2) is 47.6 Å². The van der Waals surface area contributed by atoms with Crippen molar-refractivity contribution in [3.05, 3.63) is 48.2 Å². The van der Waals surface area contributed by atoms with Crippen molar-refractivity contribution in [2.45, 2.75) is 6.04 Å². The van der Waals surface area contributed by atoms with E-state index in [2.05, 4.69) is 22.2 Å². The molecule has 1 aliphatic rings. The molecule has 1 aromatic rings. The molecule has 68 valence electrons.